The maximum absolute atomic E-state index is 14.5. The molecule has 5 amide bonds. The van der Waals surface area contributed by atoms with Crippen LogP contribution in [0.3, 0.4) is 0 Å². The van der Waals surface area contributed by atoms with E-state index in [0.717, 1.165) is 24.2 Å². The van der Waals surface area contributed by atoms with Crippen LogP contribution < -0.4 is 15.4 Å². The highest BCUT2D eigenvalue weighted by molar-refractivity contribution is 7.91. The first-order chi connectivity index (χ1) is 26.4. The van der Waals surface area contributed by atoms with Gasteiger partial charge in [-0.3, -0.25) is 28.8 Å². The summed E-state index contributed by atoms with van der Waals surface area (Å²) in [7, 11) is -3.97. The van der Waals surface area contributed by atoms with Crippen LogP contribution in [0.5, 0.6) is 0 Å². The minimum absolute atomic E-state index is 0.0461. The Bertz CT molecular complexity index is 1920. The fourth-order valence-corrected chi connectivity index (χ4v) is 8.64. The number of fused-ring (bicyclic) bond motifs is 1. The lowest BCUT2D eigenvalue weighted by atomic mass is 9.85. The highest BCUT2D eigenvalue weighted by Gasteiger charge is 2.62. The van der Waals surface area contributed by atoms with E-state index in [4.69, 9.17) is 9.47 Å². The molecule has 1 aromatic carbocycles. The molecule has 17 heteroatoms. The van der Waals surface area contributed by atoms with E-state index in [1.807, 2.05) is 6.08 Å². The molecule has 5 atom stereocenters. The maximum atomic E-state index is 14.5. The lowest BCUT2D eigenvalue weighted by Gasteiger charge is -2.30. The van der Waals surface area contributed by atoms with Crippen LogP contribution in [0.25, 0.3) is 0 Å². The number of sulfonamides is 1. The number of halogens is 1. The first-order valence-corrected chi connectivity index (χ1v) is 20.7. The first kappa shape index (κ1) is 40.9. The molecule has 0 aromatic heterocycles. The van der Waals surface area contributed by atoms with Crippen LogP contribution in [-0.4, -0.2) is 95.0 Å². The molecular weight excluding hydrogens is 750 g/mol. The van der Waals surface area contributed by atoms with E-state index in [-0.39, 0.29) is 51.1 Å². The van der Waals surface area contributed by atoms with E-state index >= 15 is 0 Å². The molecule has 4 fully saturated rings. The number of hydrogen-bond donors (Lipinski definition) is 3. The molecule has 5 aliphatic rings. The van der Waals surface area contributed by atoms with Gasteiger partial charge in [0.2, 0.25) is 21.8 Å². The van der Waals surface area contributed by atoms with Gasteiger partial charge in [0.25, 0.3) is 5.91 Å². The lowest BCUT2D eigenvalue weighted by molar-refractivity contribution is -0.141. The molecule has 2 aliphatic heterocycles. The molecule has 3 saturated carbocycles. The largest absolute Gasteiger partial charge is 0.444 e. The van der Waals surface area contributed by atoms with E-state index in [9.17, 15) is 41.6 Å². The van der Waals surface area contributed by atoms with Gasteiger partial charge in [0.1, 0.15) is 35.1 Å². The molecule has 15 nitrogen and oxygen atoms in total. The van der Waals surface area contributed by atoms with Crippen LogP contribution in [0.2, 0.25) is 0 Å². The van der Waals surface area contributed by atoms with Gasteiger partial charge in [-0.15, -0.1) is 6.58 Å². The molecule has 3 N–H and O–H groups in total. The fraction of sp³-hybridized carbons (Fsp3) is 0.590. The number of nitrogens with zero attached hydrogens (tertiary/aromatic N) is 2. The summed E-state index contributed by atoms with van der Waals surface area (Å²) >= 11 is 0. The minimum Gasteiger partial charge on any atom is -0.444 e. The number of likely N-dealkylation sites (tertiary alicyclic amines) is 1. The summed E-state index contributed by atoms with van der Waals surface area (Å²) in [4.78, 5) is 83.8. The van der Waals surface area contributed by atoms with Crippen molar-refractivity contribution in [3.05, 3.63) is 60.0 Å². The van der Waals surface area contributed by atoms with Gasteiger partial charge in [-0.05, 0) is 82.9 Å². The Morgan fingerprint density at radius 3 is 2.43 bits per heavy atom. The molecule has 2 heterocycles. The Kier molecular flexibility index (Phi) is 11.7. The number of nitrogens with one attached hydrogen (secondary N) is 3. The van der Waals surface area contributed by atoms with Crippen LogP contribution in [0.15, 0.2) is 43.0 Å². The van der Waals surface area contributed by atoms with Crippen LogP contribution in [0.1, 0.15) is 89.7 Å². The number of carbonyl (C=O) groups is 6. The maximum Gasteiger partial charge on any atom is 0.410 e. The zero-order valence-electron chi connectivity index (χ0n) is 31.9. The number of alkyl carbamates (subject to hydrolysis) is 1. The molecule has 1 saturated heterocycles. The first-order valence-electron chi connectivity index (χ1n) is 19.1. The second-order valence-electron chi connectivity index (χ2n) is 16.4. The quantitative estimate of drug-likeness (QED) is 0.185. The van der Waals surface area contributed by atoms with Gasteiger partial charge >= 0.3 is 12.2 Å². The second kappa shape index (κ2) is 16.0. The monoisotopic (exact) mass is 799 g/mol. The van der Waals surface area contributed by atoms with Crippen LogP contribution in [0, 0.1) is 17.7 Å². The van der Waals surface area contributed by atoms with Crippen molar-refractivity contribution >= 4 is 45.7 Å². The minimum atomic E-state index is -3.97. The number of carbonyl (C=O) groups excluding carboxylic acids is 6. The highest BCUT2D eigenvalue weighted by atomic mass is 32.2. The Balaban J connectivity index is 1.22. The smallest absolute Gasteiger partial charge is 0.410 e. The topological polar surface area (TPSA) is 198 Å². The summed E-state index contributed by atoms with van der Waals surface area (Å²) in [5.41, 5.74) is -1.63. The Morgan fingerprint density at radius 1 is 1.09 bits per heavy atom. The molecule has 0 radical (unpaired) electrons. The molecule has 1 aromatic rings. The molecule has 56 heavy (non-hydrogen) atoms. The van der Waals surface area contributed by atoms with Crippen molar-refractivity contribution in [3.63, 3.8) is 0 Å². The van der Waals surface area contributed by atoms with Gasteiger partial charge in [-0.2, -0.15) is 0 Å². The van der Waals surface area contributed by atoms with Crippen LogP contribution in [0.4, 0.5) is 14.0 Å². The molecule has 2 unspecified atom stereocenters. The number of benzene rings is 1. The van der Waals surface area contributed by atoms with Gasteiger partial charge in [0.15, 0.2) is 5.78 Å². The van der Waals surface area contributed by atoms with Gasteiger partial charge in [0, 0.05) is 30.9 Å². The highest BCUT2D eigenvalue weighted by Crippen LogP contribution is 2.45. The van der Waals surface area contributed by atoms with Crippen molar-refractivity contribution in [2.45, 2.75) is 126 Å². The Labute approximate surface area is 325 Å². The number of ketones is 1. The Morgan fingerprint density at radius 2 is 1.82 bits per heavy atom. The number of rotatable bonds is 14. The zero-order valence-corrected chi connectivity index (χ0v) is 32.7. The third-order valence-corrected chi connectivity index (χ3v) is 12.7. The van der Waals surface area contributed by atoms with Crippen LogP contribution in [-0.2, 0) is 51.8 Å². The van der Waals surface area contributed by atoms with E-state index in [2.05, 4.69) is 21.9 Å². The zero-order chi connectivity index (χ0) is 40.6. The summed E-state index contributed by atoms with van der Waals surface area (Å²) in [6, 6.07) is 1.82. The normalized spacial score (nSPS) is 25.1. The summed E-state index contributed by atoms with van der Waals surface area (Å²) < 4.78 is 53.1. The molecule has 0 spiro atoms. The average Bonchev–Trinajstić information content (AvgIpc) is 3.99. The number of ether oxygens (including phenoxy) is 2. The van der Waals surface area contributed by atoms with E-state index in [1.165, 1.54) is 29.2 Å². The molecule has 304 valence electrons. The van der Waals surface area contributed by atoms with Crippen LogP contribution >= 0.6 is 0 Å². The molecule has 0 bridgehead atoms. The molecular formula is C39H50FN5O10S. The second-order valence-corrected chi connectivity index (χ2v) is 18.4. The van der Waals surface area contributed by atoms with E-state index in [1.54, 1.807) is 26.8 Å². The summed E-state index contributed by atoms with van der Waals surface area (Å²) in [5, 5.41) is 4.52. The standard InChI is InChI=1S/C39H50FN5O10S/c1-5-25-19-39(25,35(49)43-56(52,53)28-15-16-28)42-33(47)32-18-27(54-37(51)44-20-24-10-7-11-30(40)29(24)22-44)21-45(32)34(48)31(41-36(50)55-38(2,3)4)17-14-26(46)13-12-23-8-6-9-23/h5,7,10-13,23,25,27-28,31-32H,1,6,8-9,14-22H2,2-4H3,(H,41,50)(H,42,47)(H,43,49)/b13-12+/t25?,27-,31?,32+,39-/m1/s1. The fourth-order valence-electron chi connectivity index (χ4n) is 7.27. The van der Waals surface area contributed by atoms with Crippen molar-refractivity contribution in [3.8, 4) is 0 Å². The van der Waals surface area contributed by atoms with Gasteiger partial charge in [0.05, 0.1) is 18.3 Å². The Hall–Kier alpha value is -4.80. The third-order valence-electron chi connectivity index (χ3n) is 10.9. The van der Waals surface area contributed by atoms with Crippen molar-refractivity contribution < 1.29 is 51.0 Å². The van der Waals surface area contributed by atoms with Gasteiger partial charge in [-0.25, -0.2) is 22.4 Å². The average molecular weight is 800 g/mol. The number of amides is 5. The van der Waals surface area contributed by atoms with Gasteiger partial charge in [-0.1, -0.05) is 30.7 Å². The summed E-state index contributed by atoms with van der Waals surface area (Å²) in [6.07, 6.45) is 5.39. The predicted octanol–water partition coefficient (Wildman–Crippen LogP) is 3.52. The molecule has 6 rings (SSSR count). The number of hydrogen-bond acceptors (Lipinski definition) is 10. The van der Waals surface area contributed by atoms with Crippen molar-refractivity contribution in [2.75, 3.05) is 6.54 Å². The van der Waals surface area contributed by atoms with Crippen molar-refractivity contribution in [1.82, 2.24) is 25.2 Å². The van der Waals surface area contributed by atoms with E-state index in [0.29, 0.717) is 29.9 Å². The van der Waals surface area contributed by atoms with Crippen molar-refractivity contribution in [1.29, 1.82) is 0 Å². The lowest BCUT2D eigenvalue weighted by Crippen LogP contribution is -2.58. The van der Waals surface area contributed by atoms with E-state index < -0.39 is 86.2 Å². The predicted molar refractivity (Wildman–Crippen MR) is 199 cm³/mol. The SMILES string of the molecule is C=CC1C[C@]1(NC(=O)[C@@H]1C[C@@H](OC(=O)N2Cc3cccc(F)c3C2)CN1C(=O)C(CCC(=O)/C=C/C1CCC1)NC(=O)OC(C)(C)C)C(=O)NS(=O)(=O)C1CC1. The summed E-state index contributed by atoms with van der Waals surface area (Å²) in [6.45, 7) is 8.37. The van der Waals surface area contributed by atoms with Crippen molar-refractivity contribution in [2.24, 2.45) is 11.8 Å². The molecule has 3 aliphatic carbocycles. The summed E-state index contributed by atoms with van der Waals surface area (Å²) in [5.74, 6) is -3.55. The number of allylic oxidation sites excluding steroid dienone is 2. The van der Waals surface area contributed by atoms with Gasteiger partial charge < -0.3 is 25.0 Å². The third kappa shape index (κ3) is 9.41.